The number of fused-ring (bicyclic) bond motifs is 4. The molecule has 0 saturated carbocycles. The molecule has 0 amide bonds. The molecule has 0 N–H and O–H groups in total. The monoisotopic (exact) mass is 886 g/mol. The van der Waals surface area contributed by atoms with E-state index in [4.69, 9.17) is 0 Å². The summed E-state index contributed by atoms with van der Waals surface area (Å²) in [6.45, 7) is 28.5. The second-order valence-electron chi connectivity index (χ2n) is 20.5. The molecule has 0 aliphatic heterocycles. The average Bonchev–Trinajstić information content (AvgIpc) is 3.65. The van der Waals surface area contributed by atoms with Crippen LogP contribution in [-0.4, -0.2) is 0 Å². The van der Waals surface area contributed by atoms with Gasteiger partial charge in [-0.3, -0.25) is 0 Å². The van der Waals surface area contributed by atoms with Crippen LogP contribution in [0.1, 0.15) is 139 Å². The van der Waals surface area contributed by atoms with Crippen LogP contribution in [0.2, 0.25) is 0 Å². The van der Waals surface area contributed by atoms with Crippen molar-refractivity contribution >= 4 is 39.4 Å². The number of allylic oxidation sites excluding steroid dienone is 2. The molecule has 0 fully saturated rings. The number of hydrogen-bond donors (Lipinski definition) is 0. The molecule has 0 atom stereocenters. The van der Waals surface area contributed by atoms with E-state index in [2.05, 4.69) is 192 Å². The van der Waals surface area contributed by atoms with Crippen LogP contribution in [0.25, 0.3) is 39.4 Å². The van der Waals surface area contributed by atoms with E-state index in [1.807, 2.05) is 0 Å². The first-order valence-electron chi connectivity index (χ1n) is 20.3. The molecule has 0 nitrogen and oxygen atoms in total. The van der Waals surface area contributed by atoms with E-state index in [1.54, 1.807) is 17.8 Å². The summed E-state index contributed by atoms with van der Waals surface area (Å²) >= 11 is -1.75. The third-order valence-corrected chi connectivity index (χ3v) is 18.0. The van der Waals surface area contributed by atoms with E-state index < -0.39 is 22.9 Å². The Morgan fingerprint density at radius 3 is 0.945 bits per heavy atom. The minimum atomic E-state index is -1.75. The summed E-state index contributed by atoms with van der Waals surface area (Å²) in [7, 11) is 0. The zero-order valence-corrected chi connectivity index (χ0v) is 38.9. The fourth-order valence-electron chi connectivity index (χ4n) is 8.45. The normalized spacial score (nSPS) is 15.0. The molecule has 8 rings (SSSR count). The first kappa shape index (κ1) is 38.1. The van der Waals surface area contributed by atoms with Crippen molar-refractivity contribution in [2.45, 2.75) is 118 Å². The summed E-state index contributed by atoms with van der Waals surface area (Å²) in [5.74, 6) is 0. The molecule has 0 radical (unpaired) electrons. The summed E-state index contributed by atoms with van der Waals surface area (Å²) in [6, 6.07) is 43.3. The molecule has 1 heteroatoms. The Morgan fingerprint density at radius 2 is 0.655 bits per heavy atom. The molecule has 0 unspecified atom stereocenters. The van der Waals surface area contributed by atoms with Crippen LogP contribution in [0.15, 0.2) is 109 Å². The van der Waals surface area contributed by atoms with Crippen LogP contribution in [-0.2, 0) is 57.4 Å². The van der Waals surface area contributed by atoms with Crippen molar-refractivity contribution in [3.63, 3.8) is 0 Å². The quantitative estimate of drug-likeness (QED) is 0.155. The van der Waals surface area contributed by atoms with Gasteiger partial charge in [0.1, 0.15) is 0 Å². The van der Waals surface area contributed by atoms with Crippen molar-refractivity contribution < 1.29 is 22.9 Å². The van der Waals surface area contributed by atoms with Gasteiger partial charge >= 0.3 is 345 Å². The van der Waals surface area contributed by atoms with E-state index in [9.17, 15) is 0 Å². The van der Waals surface area contributed by atoms with E-state index in [0.717, 1.165) is 12.8 Å². The standard InChI is InChI=1S/2C27H29.Hf/c2*1-26(2,3)24-15-23(16-25(17-24)27(4,5)6)22-13-20-11-18-9-7-8-10-19(18)12-21(20)14-22;/h2*7-12,15-17H,13H2,1-6H3;. The van der Waals surface area contributed by atoms with Crippen LogP contribution in [0, 0.1) is 0 Å². The van der Waals surface area contributed by atoms with Crippen molar-refractivity contribution in [1.29, 1.82) is 0 Å². The van der Waals surface area contributed by atoms with Crippen LogP contribution in [0.3, 0.4) is 0 Å². The third kappa shape index (κ3) is 7.32. The second kappa shape index (κ2) is 13.4. The second-order valence-corrected chi connectivity index (χ2v) is 25.0. The zero-order chi connectivity index (χ0) is 39.2. The minimum absolute atomic E-state index is 0.0584. The summed E-state index contributed by atoms with van der Waals surface area (Å²) < 4.78 is 3.37. The fraction of sp³-hybridized carbons (Fsp3) is 0.333. The van der Waals surface area contributed by atoms with Gasteiger partial charge in [-0.25, -0.2) is 0 Å². The van der Waals surface area contributed by atoms with Crippen LogP contribution < -0.4 is 0 Å². The maximum atomic E-state index is 2.55. The molecule has 0 heterocycles. The predicted octanol–water partition coefficient (Wildman–Crippen LogP) is 14.8. The SMILES string of the molecule is CC(C)(C)c1cc(C2=[C]([Hf][C]3=C(c4cc(C(C)(C)C)cc(C(C)(C)C)c4)Cc4cc5ccccc5cc43)c3cc4ccccc4cc3C2)cc(C(C)(C)C)c1. The Balaban J connectivity index is 1.42. The van der Waals surface area contributed by atoms with Crippen molar-refractivity contribution in [3.8, 4) is 0 Å². The van der Waals surface area contributed by atoms with E-state index >= 15 is 0 Å². The van der Waals surface area contributed by atoms with Crippen molar-refractivity contribution in [2.75, 3.05) is 0 Å². The molecule has 0 aromatic heterocycles. The van der Waals surface area contributed by atoms with Crippen molar-refractivity contribution in [2.24, 2.45) is 0 Å². The van der Waals surface area contributed by atoms with Gasteiger partial charge in [0, 0.05) is 0 Å². The molecule has 2 aliphatic carbocycles. The Morgan fingerprint density at radius 1 is 0.364 bits per heavy atom. The van der Waals surface area contributed by atoms with Crippen molar-refractivity contribution in [3.05, 3.63) is 165 Å². The third-order valence-electron chi connectivity index (χ3n) is 12.1. The molecule has 6 aromatic carbocycles. The van der Waals surface area contributed by atoms with Gasteiger partial charge in [0.05, 0.1) is 0 Å². The van der Waals surface area contributed by atoms with Gasteiger partial charge in [0.15, 0.2) is 0 Å². The number of hydrogen-bond acceptors (Lipinski definition) is 0. The molecule has 6 aromatic rings. The Bertz CT molecular complexity index is 2330. The molecule has 0 spiro atoms. The van der Waals surface area contributed by atoms with Crippen LogP contribution in [0.5, 0.6) is 0 Å². The summed E-state index contributed by atoms with van der Waals surface area (Å²) in [5, 5.41) is 5.39. The Labute approximate surface area is 342 Å². The predicted molar refractivity (Wildman–Crippen MR) is 237 cm³/mol. The molecule has 0 saturated heterocycles. The van der Waals surface area contributed by atoms with Gasteiger partial charge in [0.2, 0.25) is 0 Å². The summed E-state index contributed by atoms with van der Waals surface area (Å²) in [6.07, 6.45) is 2.00. The Kier molecular flexibility index (Phi) is 9.28. The van der Waals surface area contributed by atoms with Crippen molar-refractivity contribution in [1.82, 2.24) is 0 Å². The molecule has 278 valence electrons. The van der Waals surface area contributed by atoms with Crippen LogP contribution in [0.4, 0.5) is 0 Å². The summed E-state index contributed by atoms with van der Waals surface area (Å²) in [5.41, 5.74) is 18.0. The van der Waals surface area contributed by atoms with Crippen LogP contribution >= 0.6 is 0 Å². The first-order chi connectivity index (χ1) is 25.7. The van der Waals surface area contributed by atoms with Gasteiger partial charge in [-0.05, 0) is 0 Å². The topological polar surface area (TPSA) is 0 Å². The van der Waals surface area contributed by atoms with Gasteiger partial charge in [-0.15, -0.1) is 0 Å². The van der Waals surface area contributed by atoms with Gasteiger partial charge in [0.25, 0.3) is 0 Å². The van der Waals surface area contributed by atoms with Gasteiger partial charge < -0.3 is 0 Å². The van der Waals surface area contributed by atoms with Gasteiger partial charge in [-0.1, -0.05) is 0 Å². The summed E-state index contributed by atoms with van der Waals surface area (Å²) in [4.78, 5) is 0. The number of benzene rings is 6. The molecular formula is C54H58Hf. The molecule has 55 heavy (non-hydrogen) atoms. The molecule has 0 bridgehead atoms. The molecule has 2 aliphatic rings. The Hall–Kier alpha value is -3.81. The number of rotatable bonds is 4. The molecular weight excluding hydrogens is 827 g/mol. The maximum absolute atomic E-state index is 2.55. The van der Waals surface area contributed by atoms with E-state index in [0.29, 0.717) is 0 Å². The fourth-order valence-corrected chi connectivity index (χ4v) is 14.7. The van der Waals surface area contributed by atoms with E-state index in [-0.39, 0.29) is 21.7 Å². The first-order valence-corrected chi connectivity index (χ1v) is 23.9. The van der Waals surface area contributed by atoms with E-state index in [1.165, 1.54) is 77.2 Å². The van der Waals surface area contributed by atoms with Gasteiger partial charge in [-0.2, -0.15) is 0 Å². The zero-order valence-electron chi connectivity index (χ0n) is 35.3. The average molecular weight is 886 g/mol.